The van der Waals surface area contributed by atoms with E-state index in [1.165, 1.54) is 0 Å². The summed E-state index contributed by atoms with van der Waals surface area (Å²) in [5.41, 5.74) is 1.02. The number of carbonyl (C=O) groups excluding carboxylic acids is 1. The first kappa shape index (κ1) is 13.9. The van der Waals surface area contributed by atoms with E-state index in [9.17, 15) is 4.79 Å². The van der Waals surface area contributed by atoms with E-state index in [2.05, 4.69) is 20.4 Å². The number of nitrogens with zero attached hydrogens (tertiary/aromatic N) is 6. The maximum atomic E-state index is 11.7. The van der Waals surface area contributed by atoms with Gasteiger partial charge in [0, 0.05) is 18.1 Å². The summed E-state index contributed by atoms with van der Waals surface area (Å²) in [5.74, 6) is 0.665. The largest absolute Gasteiger partial charge is 0.461 e. The van der Waals surface area contributed by atoms with Crippen LogP contribution < -0.4 is 0 Å². The van der Waals surface area contributed by atoms with E-state index in [-0.39, 0.29) is 5.69 Å². The van der Waals surface area contributed by atoms with Crippen LogP contribution in [0.1, 0.15) is 23.1 Å². The van der Waals surface area contributed by atoms with Gasteiger partial charge in [0.05, 0.1) is 6.61 Å². The minimum absolute atomic E-state index is 0.248. The Morgan fingerprint density at radius 1 is 1.27 bits per heavy atom. The van der Waals surface area contributed by atoms with Gasteiger partial charge in [-0.05, 0) is 38.1 Å². The van der Waals surface area contributed by atoms with Crippen LogP contribution in [-0.4, -0.2) is 42.3 Å². The predicted octanol–water partition coefficient (Wildman–Crippen LogP) is 1.33. The van der Waals surface area contributed by atoms with Crippen molar-refractivity contribution in [2.45, 2.75) is 13.8 Å². The highest BCUT2D eigenvalue weighted by Gasteiger charge is 2.15. The minimum atomic E-state index is -0.453. The molecule has 3 heterocycles. The van der Waals surface area contributed by atoms with Crippen molar-refractivity contribution >= 4 is 5.97 Å². The molecular formula is C14H14N6O2. The maximum absolute atomic E-state index is 11.7. The zero-order chi connectivity index (χ0) is 15.5. The van der Waals surface area contributed by atoms with Gasteiger partial charge in [0.25, 0.3) is 0 Å². The maximum Gasteiger partial charge on any atom is 0.358 e. The number of rotatable bonds is 4. The molecule has 0 aliphatic carbocycles. The van der Waals surface area contributed by atoms with Gasteiger partial charge in [-0.2, -0.15) is 10.2 Å². The number of esters is 1. The molecule has 0 saturated carbocycles. The van der Waals surface area contributed by atoms with E-state index < -0.39 is 5.97 Å². The molecule has 0 aromatic carbocycles. The smallest absolute Gasteiger partial charge is 0.358 e. The summed E-state index contributed by atoms with van der Waals surface area (Å²) in [6.07, 6.45) is 3.45. The average molecular weight is 298 g/mol. The van der Waals surface area contributed by atoms with Crippen molar-refractivity contribution in [3.05, 3.63) is 48.0 Å². The third kappa shape index (κ3) is 2.58. The third-order valence-electron chi connectivity index (χ3n) is 2.96. The second kappa shape index (κ2) is 5.76. The molecule has 22 heavy (non-hydrogen) atoms. The molecular weight excluding hydrogens is 284 g/mol. The quantitative estimate of drug-likeness (QED) is 0.675. The molecule has 0 saturated heterocycles. The van der Waals surface area contributed by atoms with Crippen LogP contribution in [0.3, 0.4) is 0 Å². The molecule has 0 aliphatic heterocycles. The predicted molar refractivity (Wildman–Crippen MR) is 77.0 cm³/mol. The van der Waals surface area contributed by atoms with Crippen LogP contribution in [0.25, 0.3) is 11.6 Å². The Balaban J connectivity index is 1.89. The number of ether oxygens (including phenoxy) is 1. The second-order valence-electron chi connectivity index (χ2n) is 4.50. The monoisotopic (exact) mass is 298 g/mol. The van der Waals surface area contributed by atoms with Gasteiger partial charge in [0.15, 0.2) is 17.3 Å². The molecule has 3 aromatic rings. The average Bonchev–Trinajstić information content (AvgIpc) is 3.17. The van der Waals surface area contributed by atoms with E-state index in [0.717, 1.165) is 5.69 Å². The Labute approximate surface area is 126 Å². The van der Waals surface area contributed by atoms with Crippen molar-refractivity contribution in [1.29, 1.82) is 0 Å². The number of hydrogen-bond acceptors (Lipinski definition) is 6. The minimum Gasteiger partial charge on any atom is -0.461 e. The molecule has 0 spiro atoms. The molecule has 0 aliphatic rings. The SMILES string of the molecule is CCOC(=O)c1cc(C)n(-c2ccc(-n3cccn3)nn2)n1. The van der Waals surface area contributed by atoms with E-state index in [1.807, 2.05) is 6.92 Å². The number of aromatic nitrogens is 6. The van der Waals surface area contributed by atoms with Crippen LogP contribution in [0.5, 0.6) is 0 Å². The van der Waals surface area contributed by atoms with Gasteiger partial charge >= 0.3 is 5.97 Å². The summed E-state index contributed by atoms with van der Waals surface area (Å²) >= 11 is 0. The number of hydrogen-bond donors (Lipinski definition) is 0. The molecule has 0 fully saturated rings. The first-order chi connectivity index (χ1) is 10.7. The fraction of sp³-hybridized carbons (Fsp3) is 0.214. The lowest BCUT2D eigenvalue weighted by molar-refractivity contribution is 0.0519. The highest BCUT2D eigenvalue weighted by Crippen LogP contribution is 2.11. The third-order valence-corrected chi connectivity index (χ3v) is 2.96. The van der Waals surface area contributed by atoms with Crippen LogP contribution in [0, 0.1) is 6.92 Å². The van der Waals surface area contributed by atoms with Gasteiger partial charge in [-0.25, -0.2) is 14.2 Å². The summed E-state index contributed by atoms with van der Waals surface area (Å²) in [6.45, 7) is 3.89. The highest BCUT2D eigenvalue weighted by atomic mass is 16.5. The topological polar surface area (TPSA) is 87.7 Å². The Morgan fingerprint density at radius 3 is 2.68 bits per heavy atom. The molecule has 0 atom stereocenters. The van der Waals surface area contributed by atoms with Crippen LogP contribution in [0.15, 0.2) is 36.7 Å². The first-order valence-electron chi connectivity index (χ1n) is 6.77. The van der Waals surface area contributed by atoms with Crippen molar-refractivity contribution in [1.82, 2.24) is 29.8 Å². The summed E-state index contributed by atoms with van der Waals surface area (Å²) in [4.78, 5) is 11.7. The summed E-state index contributed by atoms with van der Waals surface area (Å²) in [5, 5.41) is 16.5. The van der Waals surface area contributed by atoms with Crippen molar-refractivity contribution in [2.24, 2.45) is 0 Å². The highest BCUT2D eigenvalue weighted by molar-refractivity contribution is 5.87. The van der Waals surface area contributed by atoms with Gasteiger partial charge in [0.1, 0.15) is 0 Å². The van der Waals surface area contributed by atoms with Crippen molar-refractivity contribution in [3.63, 3.8) is 0 Å². The molecule has 0 amide bonds. The van der Waals surface area contributed by atoms with Gasteiger partial charge in [-0.15, -0.1) is 10.2 Å². The van der Waals surface area contributed by atoms with Gasteiger partial charge < -0.3 is 4.74 Å². The van der Waals surface area contributed by atoms with Crippen LogP contribution >= 0.6 is 0 Å². The van der Waals surface area contributed by atoms with Crippen molar-refractivity contribution < 1.29 is 9.53 Å². The molecule has 3 rings (SSSR count). The van der Waals surface area contributed by atoms with Crippen LogP contribution in [0.4, 0.5) is 0 Å². The Morgan fingerprint density at radius 2 is 2.05 bits per heavy atom. The Bertz CT molecular complexity index is 776. The normalized spacial score (nSPS) is 10.6. The van der Waals surface area contributed by atoms with E-state index in [1.54, 1.807) is 52.9 Å². The van der Waals surface area contributed by atoms with E-state index in [4.69, 9.17) is 4.74 Å². The second-order valence-corrected chi connectivity index (χ2v) is 4.50. The Hall–Kier alpha value is -3.03. The number of aryl methyl sites for hydroxylation is 1. The standard InChI is InChI=1S/C14H14N6O2/c1-3-22-14(21)11-9-10(2)20(18-11)13-6-5-12(16-17-13)19-8-4-7-15-19/h4-9H,3H2,1-2H3. The van der Waals surface area contributed by atoms with E-state index in [0.29, 0.717) is 18.2 Å². The summed E-state index contributed by atoms with van der Waals surface area (Å²) in [7, 11) is 0. The van der Waals surface area contributed by atoms with Crippen molar-refractivity contribution in [2.75, 3.05) is 6.61 Å². The van der Waals surface area contributed by atoms with Crippen molar-refractivity contribution in [3.8, 4) is 11.6 Å². The fourth-order valence-electron chi connectivity index (χ4n) is 1.97. The summed E-state index contributed by atoms with van der Waals surface area (Å²) in [6, 6.07) is 7.00. The zero-order valence-electron chi connectivity index (χ0n) is 12.2. The van der Waals surface area contributed by atoms with Crippen LogP contribution in [-0.2, 0) is 4.74 Å². The molecule has 112 valence electrons. The molecule has 3 aromatic heterocycles. The van der Waals surface area contributed by atoms with E-state index >= 15 is 0 Å². The molecule has 0 N–H and O–H groups in total. The molecule has 0 radical (unpaired) electrons. The molecule has 0 unspecified atom stereocenters. The van der Waals surface area contributed by atoms with Gasteiger partial charge in [-0.1, -0.05) is 0 Å². The van der Waals surface area contributed by atoms with Gasteiger partial charge in [-0.3, -0.25) is 0 Å². The number of carbonyl (C=O) groups is 1. The molecule has 8 nitrogen and oxygen atoms in total. The lowest BCUT2D eigenvalue weighted by atomic mass is 10.4. The summed E-state index contributed by atoms with van der Waals surface area (Å²) < 4.78 is 8.09. The van der Waals surface area contributed by atoms with Gasteiger partial charge in [0.2, 0.25) is 0 Å². The Kier molecular flexibility index (Phi) is 3.65. The lowest BCUT2D eigenvalue weighted by Gasteiger charge is -2.03. The molecule has 0 bridgehead atoms. The fourth-order valence-corrected chi connectivity index (χ4v) is 1.97. The molecule has 8 heteroatoms. The zero-order valence-corrected chi connectivity index (χ0v) is 12.2. The lowest BCUT2D eigenvalue weighted by Crippen LogP contribution is -2.09. The first-order valence-corrected chi connectivity index (χ1v) is 6.77. The van der Waals surface area contributed by atoms with Crippen LogP contribution in [0.2, 0.25) is 0 Å².